The van der Waals surface area contributed by atoms with E-state index in [-0.39, 0.29) is 12.0 Å². The average Bonchev–Trinajstić information content (AvgIpc) is 2.27. The van der Waals surface area contributed by atoms with Gasteiger partial charge in [0.05, 0.1) is 0 Å². The second-order valence-electron chi connectivity index (χ2n) is 5.62. The van der Waals surface area contributed by atoms with Crippen molar-refractivity contribution in [1.82, 2.24) is 5.32 Å². The highest BCUT2D eigenvalue weighted by Gasteiger charge is 2.14. The van der Waals surface area contributed by atoms with Gasteiger partial charge in [-0.2, -0.15) is 0 Å². The van der Waals surface area contributed by atoms with E-state index < -0.39 is 0 Å². The minimum atomic E-state index is 0.0289. The Morgan fingerprint density at radius 3 is 2.06 bits per heavy atom. The fourth-order valence-electron chi connectivity index (χ4n) is 1.69. The lowest BCUT2D eigenvalue weighted by molar-refractivity contribution is 0.157. The Morgan fingerprint density at radius 1 is 0.938 bits per heavy atom. The Kier molecular flexibility index (Phi) is 10.0. The van der Waals surface area contributed by atoms with Crippen molar-refractivity contribution in [2.75, 3.05) is 19.7 Å². The molecule has 0 rings (SSSR count). The molecule has 0 fully saturated rings. The molecule has 2 heteroatoms. The molecule has 0 aliphatic carbocycles. The summed E-state index contributed by atoms with van der Waals surface area (Å²) in [6.07, 6.45) is 9.52. The lowest BCUT2D eigenvalue weighted by atomic mass is 9.95. The fraction of sp³-hybridized carbons (Fsp3) is 1.00. The number of hydrogen-bond donors (Lipinski definition) is 2. The van der Waals surface area contributed by atoms with Crippen LogP contribution in [0.1, 0.15) is 65.7 Å². The second-order valence-corrected chi connectivity index (χ2v) is 5.62. The van der Waals surface area contributed by atoms with Gasteiger partial charge in [-0.15, -0.1) is 0 Å². The molecule has 0 spiro atoms. The van der Waals surface area contributed by atoms with Crippen LogP contribution in [0.25, 0.3) is 0 Å². The zero-order chi connectivity index (χ0) is 12.3. The molecule has 0 unspecified atom stereocenters. The molecule has 0 aliphatic rings. The van der Waals surface area contributed by atoms with E-state index in [1.165, 1.54) is 44.9 Å². The first-order valence-corrected chi connectivity index (χ1v) is 6.94. The van der Waals surface area contributed by atoms with Crippen molar-refractivity contribution in [3.05, 3.63) is 0 Å². The average molecular weight is 229 g/mol. The highest BCUT2D eigenvalue weighted by Crippen LogP contribution is 2.11. The Hall–Kier alpha value is -0.0800. The van der Waals surface area contributed by atoms with E-state index in [0.717, 1.165) is 13.1 Å². The first-order valence-electron chi connectivity index (χ1n) is 6.94. The lowest BCUT2D eigenvalue weighted by Crippen LogP contribution is -2.32. The third kappa shape index (κ3) is 10.4. The first-order chi connectivity index (χ1) is 7.62. The van der Waals surface area contributed by atoms with Gasteiger partial charge in [0, 0.05) is 18.6 Å². The van der Waals surface area contributed by atoms with Gasteiger partial charge in [-0.05, 0) is 13.0 Å². The van der Waals surface area contributed by atoms with Crippen LogP contribution in [0.4, 0.5) is 0 Å². The zero-order valence-electron chi connectivity index (χ0n) is 11.5. The largest absolute Gasteiger partial charge is 0.396 e. The molecule has 0 aromatic rings. The van der Waals surface area contributed by atoms with Crippen LogP contribution in [0.2, 0.25) is 0 Å². The minimum absolute atomic E-state index is 0.0289. The number of aliphatic hydroxyl groups is 1. The van der Waals surface area contributed by atoms with Gasteiger partial charge in [0.1, 0.15) is 0 Å². The Bertz CT molecular complexity index is 146. The van der Waals surface area contributed by atoms with Crippen LogP contribution in [0.5, 0.6) is 0 Å². The van der Waals surface area contributed by atoms with Crippen molar-refractivity contribution < 1.29 is 5.11 Å². The summed E-state index contributed by atoms with van der Waals surface area (Å²) in [6.45, 7) is 8.70. The van der Waals surface area contributed by atoms with Crippen molar-refractivity contribution >= 4 is 0 Å². The molecule has 0 heterocycles. The van der Waals surface area contributed by atoms with Gasteiger partial charge >= 0.3 is 0 Å². The number of rotatable bonds is 11. The van der Waals surface area contributed by atoms with E-state index >= 15 is 0 Å². The SMILES string of the molecule is CCCCCCCCCNCC(C)(C)CO. The molecule has 2 N–H and O–H groups in total. The van der Waals surface area contributed by atoms with Crippen molar-refractivity contribution in [3.63, 3.8) is 0 Å². The second kappa shape index (κ2) is 10.1. The fourth-order valence-corrected chi connectivity index (χ4v) is 1.69. The minimum Gasteiger partial charge on any atom is -0.396 e. The summed E-state index contributed by atoms with van der Waals surface area (Å²) < 4.78 is 0. The van der Waals surface area contributed by atoms with Gasteiger partial charge < -0.3 is 10.4 Å². The third-order valence-corrected chi connectivity index (χ3v) is 2.99. The van der Waals surface area contributed by atoms with E-state index in [2.05, 4.69) is 26.1 Å². The van der Waals surface area contributed by atoms with Gasteiger partial charge in [-0.3, -0.25) is 0 Å². The molecule has 16 heavy (non-hydrogen) atoms. The molecule has 0 radical (unpaired) electrons. The number of nitrogens with one attached hydrogen (secondary N) is 1. The van der Waals surface area contributed by atoms with Gasteiger partial charge in [0.15, 0.2) is 0 Å². The standard InChI is InChI=1S/C14H31NO/c1-4-5-6-7-8-9-10-11-15-12-14(2,3)13-16/h15-16H,4-13H2,1-3H3. The molecule has 0 aliphatic heterocycles. The maximum absolute atomic E-state index is 9.08. The summed E-state index contributed by atoms with van der Waals surface area (Å²) in [4.78, 5) is 0. The number of unbranched alkanes of at least 4 members (excludes halogenated alkanes) is 6. The molecular weight excluding hydrogens is 198 g/mol. The summed E-state index contributed by atoms with van der Waals surface area (Å²) in [5.41, 5.74) is 0.0289. The molecule has 0 saturated carbocycles. The number of hydrogen-bond acceptors (Lipinski definition) is 2. The molecule has 0 aromatic heterocycles. The topological polar surface area (TPSA) is 32.3 Å². The molecular formula is C14H31NO. The Balaban J connectivity index is 3.10. The molecule has 2 nitrogen and oxygen atoms in total. The van der Waals surface area contributed by atoms with Crippen LogP contribution in [0.3, 0.4) is 0 Å². The van der Waals surface area contributed by atoms with Gasteiger partial charge in [0.25, 0.3) is 0 Å². The van der Waals surface area contributed by atoms with E-state index in [9.17, 15) is 0 Å². The van der Waals surface area contributed by atoms with Crippen molar-refractivity contribution in [3.8, 4) is 0 Å². The van der Waals surface area contributed by atoms with Crippen LogP contribution in [-0.4, -0.2) is 24.8 Å². The lowest BCUT2D eigenvalue weighted by Gasteiger charge is -2.21. The van der Waals surface area contributed by atoms with Crippen molar-refractivity contribution in [2.45, 2.75) is 65.7 Å². The Morgan fingerprint density at radius 2 is 1.50 bits per heavy atom. The van der Waals surface area contributed by atoms with E-state index in [1.807, 2.05) is 0 Å². The molecule has 0 aromatic carbocycles. The summed E-state index contributed by atoms with van der Waals surface area (Å²) in [5.74, 6) is 0. The molecule has 0 atom stereocenters. The maximum atomic E-state index is 9.08. The number of aliphatic hydroxyl groups excluding tert-OH is 1. The van der Waals surface area contributed by atoms with Crippen LogP contribution in [0.15, 0.2) is 0 Å². The van der Waals surface area contributed by atoms with E-state index in [0.29, 0.717) is 0 Å². The van der Waals surface area contributed by atoms with Gasteiger partial charge in [0.2, 0.25) is 0 Å². The molecule has 0 saturated heterocycles. The monoisotopic (exact) mass is 229 g/mol. The van der Waals surface area contributed by atoms with E-state index in [4.69, 9.17) is 5.11 Å². The van der Waals surface area contributed by atoms with E-state index in [1.54, 1.807) is 0 Å². The highest BCUT2D eigenvalue weighted by molar-refractivity contribution is 4.69. The van der Waals surface area contributed by atoms with Gasteiger partial charge in [-0.1, -0.05) is 59.3 Å². The van der Waals surface area contributed by atoms with Crippen LogP contribution in [-0.2, 0) is 0 Å². The normalized spacial score (nSPS) is 12.0. The third-order valence-electron chi connectivity index (χ3n) is 2.99. The molecule has 98 valence electrons. The Labute approximate surface area is 102 Å². The molecule has 0 amide bonds. The van der Waals surface area contributed by atoms with Crippen LogP contribution < -0.4 is 5.32 Å². The smallest absolute Gasteiger partial charge is 0.0494 e. The van der Waals surface area contributed by atoms with Gasteiger partial charge in [-0.25, -0.2) is 0 Å². The summed E-state index contributed by atoms with van der Waals surface area (Å²) in [5, 5.41) is 12.5. The van der Waals surface area contributed by atoms with Crippen molar-refractivity contribution in [1.29, 1.82) is 0 Å². The summed E-state index contributed by atoms with van der Waals surface area (Å²) >= 11 is 0. The first kappa shape index (κ1) is 15.9. The molecule has 0 bridgehead atoms. The zero-order valence-corrected chi connectivity index (χ0v) is 11.5. The van der Waals surface area contributed by atoms with Crippen molar-refractivity contribution in [2.24, 2.45) is 5.41 Å². The summed E-state index contributed by atoms with van der Waals surface area (Å²) in [7, 11) is 0. The predicted octanol–water partition coefficient (Wildman–Crippen LogP) is 3.35. The van der Waals surface area contributed by atoms with Crippen LogP contribution >= 0.6 is 0 Å². The maximum Gasteiger partial charge on any atom is 0.0494 e. The highest BCUT2D eigenvalue weighted by atomic mass is 16.3. The quantitative estimate of drug-likeness (QED) is 0.533. The predicted molar refractivity (Wildman–Crippen MR) is 71.7 cm³/mol. The summed E-state index contributed by atoms with van der Waals surface area (Å²) in [6, 6.07) is 0. The van der Waals surface area contributed by atoms with Crippen LogP contribution in [0, 0.1) is 5.41 Å².